The molecule has 2 amide bonds. The van der Waals surface area contributed by atoms with E-state index in [4.69, 9.17) is 9.47 Å². The highest BCUT2D eigenvalue weighted by atomic mass is 32.1. The summed E-state index contributed by atoms with van der Waals surface area (Å²) in [5.41, 5.74) is -0.0549. The summed E-state index contributed by atoms with van der Waals surface area (Å²) in [5, 5.41) is 0. The number of anilines is 1. The lowest BCUT2D eigenvalue weighted by Gasteiger charge is -2.40. The zero-order valence-electron chi connectivity index (χ0n) is 23.3. The van der Waals surface area contributed by atoms with Crippen LogP contribution >= 0.6 is 11.3 Å². The van der Waals surface area contributed by atoms with Crippen LogP contribution in [0.5, 0.6) is 0 Å². The molecular formula is C28H44N2O5S. The smallest absolute Gasteiger partial charge is 0.410 e. The summed E-state index contributed by atoms with van der Waals surface area (Å²) in [4.78, 5) is 44.7. The van der Waals surface area contributed by atoms with Crippen LogP contribution < -0.4 is 4.90 Å². The zero-order valence-corrected chi connectivity index (χ0v) is 24.1. The molecule has 1 aromatic heterocycles. The first-order valence-corrected chi connectivity index (χ1v) is 14.1. The van der Waals surface area contributed by atoms with Gasteiger partial charge in [0.1, 0.15) is 10.5 Å². The van der Waals surface area contributed by atoms with Gasteiger partial charge < -0.3 is 19.3 Å². The lowest BCUT2D eigenvalue weighted by molar-refractivity contribution is -0.124. The number of thiophene rings is 1. The second kappa shape index (κ2) is 11.1. The van der Waals surface area contributed by atoms with E-state index in [9.17, 15) is 14.4 Å². The minimum Gasteiger partial charge on any atom is -0.465 e. The van der Waals surface area contributed by atoms with Crippen LogP contribution in [0.15, 0.2) is 6.07 Å². The van der Waals surface area contributed by atoms with E-state index in [-0.39, 0.29) is 29.4 Å². The fourth-order valence-corrected chi connectivity index (χ4v) is 6.13. The third kappa shape index (κ3) is 6.81. The Balaban J connectivity index is 1.93. The van der Waals surface area contributed by atoms with Crippen molar-refractivity contribution in [3.05, 3.63) is 15.8 Å². The largest absolute Gasteiger partial charge is 0.465 e. The lowest BCUT2D eigenvalue weighted by Crippen LogP contribution is -2.51. The molecule has 0 atom stereocenters. The average molecular weight is 521 g/mol. The molecule has 1 aliphatic carbocycles. The SMILES string of the molecule is COC(=O)c1sc(C(C)(C)C)cc1N(C(=O)C1CCC(C)CC1)C1CCN(C(=O)OC(C)(C)C)CC1. The van der Waals surface area contributed by atoms with Crippen LogP contribution in [0.2, 0.25) is 0 Å². The molecule has 2 fully saturated rings. The molecule has 8 heteroatoms. The first kappa shape index (κ1) is 28.5. The molecule has 1 saturated carbocycles. The van der Waals surface area contributed by atoms with Gasteiger partial charge in [-0.25, -0.2) is 9.59 Å². The van der Waals surface area contributed by atoms with Crippen LogP contribution in [0.25, 0.3) is 0 Å². The second-order valence-electron chi connectivity index (χ2n) is 12.4. The molecule has 2 heterocycles. The Morgan fingerprint density at radius 2 is 1.56 bits per heavy atom. The fourth-order valence-electron chi connectivity index (χ4n) is 5.00. The van der Waals surface area contributed by atoms with Crippen LogP contribution in [0.4, 0.5) is 10.5 Å². The third-order valence-electron chi connectivity index (χ3n) is 7.17. The van der Waals surface area contributed by atoms with Gasteiger partial charge in [-0.2, -0.15) is 0 Å². The molecule has 0 unspecified atom stereocenters. The van der Waals surface area contributed by atoms with Crippen LogP contribution in [0, 0.1) is 11.8 Å². The number of hydrogen-bond acceptors (Lipinski definition) is 6. The maximum atomic E-state index is 14.1. The Kier molecular flexibility index (Phi) is 8.79. The van der Waals surface area contributed by atoms with Crippen molar-refractivity contribution in [1.82, 2.24) is 4.90 Å². The first-order chi connectivity index (χ1) is 16.7. The van der Waals surface area contributed by atoms with Gasteiger partial charge in [0.25, 0.3) is 0 Å². The van der Waals surface area contributed by atoms with Crippen molar-refractivity contribution >= 4 is 35.0 Å². The Hall–Kier alpha value is -2.09. The van der Waals surface area contributed by atoms with Crippen LogP contribution in [-0.4, -0.2) is 54.7 Å². The molecule has 0 radical (unpaired) electrons. The minimum atomic E-state index is -0.552. The van der Waals surface area contributed by atoms with Crippen molar-refractivity contribution in [1.29, 1.82) is 0 Å². The Bertz CT molecular complexity index is 942. The number of hydrogen-bond donors (Lipinski definition) is 0. The van der Waals surface area contributed by atoms with E-state index in [1.54, 1.807) is 4.90 Å². The summed E-state index contributed by atoms with van der Waals surface area (Å²) in [6.07, 6.45) is 4.78. The number of esters is 1. The monoisotopic (exact) mass is 520 g/mol. The number of carbonyl (C=O) groups excluding carboxylic acids is 3. The van der Waals surface area contributed by atoms with Gasteiger partial charge in [-0.3, -0.25) is 4.79 Å². The summed E-state index contributed by atoms with van der Waals surface area (Å²) < 4.78 is 10.7. The van der Waals surface area contributed by atoms with E-state index in [1.807, 2.05) is 31.7 Å². The van der Waals surface area contributed by atoms with Gasteiger partial charge in [-0.1, -0.05) is 27.7 Å². The van der Waals surface area contributed by atoms with Gasteiger partial charge in [0.15, 0.2) is 0 Å². The van der Waals surface area contributed by atoms with Crippen LogP contribution in [0.1, 0.15) is 102 Å². The van der Waals surface area contributed by atoms with Crippen molar-refractivity contribution in [2.45, 2.75) is 104 Å². The van der Waals surface area contributed by atoms with Crippen molar-refractivity contribution in [2.75, 3.05) is 25.1 Å². The van der Waals surface area contributed by atoms with Gasteiger partial charge >= 0.3 is 12.1 Å². The van der Waals surface area contributed by atoms with Gasteiger partial charge in [0.05, 0.1) is 12.8 Å². The van der Waals surface area contributed by atoms with Crippen molar-refractivity contribution in [3.63, 3.8) is 0 Å². The lowest BCUT2D eigenvalue weighted by atomic mass is 9.82. The highest BCUT2D eigenvalue weighted by Crippen LogP contribution is 2.41. The number of methoxy groups -OCH3 is 1. The molecule has 2 aliphatic rings. The Morgan fingerprint density at radius 3 is 2.06 bits per heavy atom. The van der Waals surface area contributed by atoms with Gasteiger partial charge in [0, 0.05) is 29.9 Å². The zero-order chi connectivity index (χ0) is 26.8. The second-order valence-corrected chi connectivity index (χ2v) is 13.5. The number of amides is 2. The average Bonchev–Trinajstić information content (AvgIpc) is 3.24. The van der Waals surface area contributed by atoms with E-state index >= 15 is 0 Å². The molecule has 36 heavy (non-hydrogen) atoms. The van der Waals surface area contributed by atoms with Crippen LogP contribution in [-0.2, 0) is 19.7 Å². The molecular weight excluding hydrogens is 476 g/mol. The third-order valence-corrected chi connectivity index (χ3v) is 8.70. The maximum absolute atomic E-state index is 14.1. The van der Waals surface area contributed by atoms with E-state index in [2.05, 4.69) is 27.7 Å². The number of piperidine rings is 1. The molecule has 1 aliphatic heterocycles. The van der Waals surface area contributed by atoms with Gasteiger partial charge in [-0.15, -0.1) is 11.3 Å². The quantitative estimate of drug-likeness (QED) is 0.430. The Morgan fingerprint density at radius 1 is 0.972 bits per heavy atom. The van der Waals surface area contributed by atoms with E-state index < -0.39 is 11.6 Å². The first-order valence-electron chi connectivity index (χ1n) is 13.2. The maximum Gasteiger partial charge on any atom is 0.410 e. The number of rotatable bonds is 4. The topological polar surface area (TPSA) is 76.2 Å². The van der Waals surface area contributed by atoms with E-state index in [0.717, 1.165) is 30.6 Å². The number of likely N-dealkylation sites (tertiary alicyclic amines) is 1. The molecule has 1 saturated heterocycles. The molecule has 0 bridgehead atoms. The number of ether oxygens (including phenoxy) is 2. The van der Waals surface area contributed by atoms with Crippen molar-refractivity contribution < 1.29 is 23.9 Å². The predicted molar refractivity (Wildman–Crippen MR) is 144 cm³/mol. The van der Waals surface area contributed by atoms with Crippen molar-refractivity contribution in [2.24, 2.45) is 11.8 Å². The summed E-state index contributed by atoms with van der Waals surface area (Å²) in [6.45, 7) is 15.2. The van der Waals surface area contributed by atoms with Gasteiger partial charge in [0.2, 0.25) is 5.91 Å². The fraction of sp³-hybridized carbons (Fsp3) is 0.750. The molecule has 3 rings (SSSR count). The molecule has 7 nitrogen and oxygen atoms in total. The number of carbonyl (C=O) groups is 3. The summed E-state index contributed by atoms with van der Waals surface area (Å²) in [7, 11) is 1.39. The van der Waals surface area contributed by atoms with Crippen molar-refractivity contribution in [3.8, 4) is 0 Å². The molecule has 202 valence electrons. The summed E-state index contributed by atoms with van der Waals surface area (Å²) in [5.74, 6) is 0.278. The highest BCUT2D eigenvalue weighted by Gasteiger charge is 2.39. The number of nitrogens with zero attached hydrogens (tertiary/aromatic N) is 2. The molecule has 0 spiro atoms. The highest BCUT2D eigenvalue weighted by molar-refractivity contribution is 7.14. The Labute approximate surface area is 220 Å². The van der Waals surface area contributed by atoms with Crippen LogP contribution in [0.3, 0.4) is 0 Å². The normalized spacial score (nSPS) is 21.7. The summed E-state index contributed by atoms with van der Waals surface area (Å²) >= 11 is 1.41. The van der Waals surface area contributed by atoms with Gasteiger partial charge in [-0.05, 0) is 76.7 Å². The molecule has 0 aromatic carbocycles. The minimum absolute atomic E-state index is 0.0476. The summed E-state index contributed by atoms with van der Waals surface area (Å²) in [6, 6.07) is 1.92. The van der Waals surface area contributed by atoms with E-state index in [0.29, 0.717) is 42.4 Å². The predicted octanol–water partition coefficient (Wildman–Crippen LogP) is 6.39. The molecule has 1 aromatic rings. The standard InChI is InChI=1S/C28H44N2O5S/c1-18-9-11-19(12-10-18)24(31)30(20-13-15-29(16-14-20)26(33)35-28(5,6)7)21-17-22(27(2,3)4)36-23(21)25(32)34-8/h17-20H,9-16H2,1-8H3. The molecule has 0 N–H and O–H groups in total. The van der Waals surface area contributed by atoms with E-state index in [1.165, 1.54) is 18.4 Å².